The van der Waals surface area contributed by atoms with E-state index in [9.17, 15) is 0 Å². The molecular formula is C43H26N2OS. The monoisotopic (exact) mass is 618 g/mol. The number of fused-ring (bicyclic) bond motifs is 10. The molecule has 0 saturated heterocycles. The summed E-state index contributed by atoms with van der Waals surface area (Å²) in [4.78, 5) is 7.57. The number of furan rings is 1. The molecule has 0 radical (unpaired) electrons. The van der Waals surface area contributed by atoms with E-state index in [4.69, 9.17) is 9.40 Å². The average Bonchev–Trinajstić information content (AvgIpc) is 3.75. The Morgan fingerprint density at radius 1 is 0.447 bits per heavy atom. The molecule has 0 unspecified atom stereocenters. The van der Waals surface area contributed by atoms with Crippen LogP contribution < -0.4 is 4.90 Å². The van der Waals surface area contributed by atoms with Gasteiger partial charge in [-0.2, -0.15) is 0 Å². The van der Waals surface area contributed by atoms with Gasteiger partial charge >= 0.3 is 0 Å². The van der Waals surface area contributed by atoms with Crippen LogP contribution in [-0.4, -0.2) is 4.98 Å². The fourth-order valence-electron chi connectivity index (χ4n) is 7.02. The van der Waals surface area contributed by atoms with Gasteiger partial charge in [-0.05, 0) is 82.2 Å². The van der Waals surface area contributed by atoms with Crippen LogP contribution in [0.4, 0.5) is 17.1 Å². The highest BCUT2D eigenvalue weighted by molar-refractivity contribution is 7.22. The summed E-state index contributed by atoms with van der Waals surface area (Å²) >= 11 is 1.77. The first-order chi connectivity index (χ1) is 23.3. The van der Waals surface area contributed by atoms with E-state index in [1.54, 1.807) is 11.3 Å². The number of anilines is 3. The summed E-state index contributed by atoms with van der Waals surface area (Å²) < 4.78 is 7.41. The molecular weight excluding hydrogens is 593 g/mol. The van der Waals surface area contributed by atoms with Crippen LogP contribution in [0.3, 0.4) is 0 Å². The molecule has 0 N–H and O–H groups in total. The SMILES string of the molecule is c1ccc2cc(N(c3ccc(-c4nc5c6ccccc6c6ccccc6c5s4)cc3)c3ccc4oc5ccccc5c4c3)ccc2c1. The van der Waals surface area contributed by atoms with Crippen LogP contribution in [0.1, 0.15) is 0 Å². The Hall–Kier alpha value is -5.97. The van der Waals surface area contributed by atoms with Gasteiger partial charge in [0.05, 0.1) is 10.2 Å². The van der Waals surface area contributed by atoms with Gasteiger partial charge in [-0.25, -0.2) is 4.98 Å². The molecule has 0 aliphatic carbocycles. The van der Waals surface area contributed by atoms with Crippen molar-refractivity contribution < 1.29 is 4.42 Å². The van der Waals surface area contributed by atoms with Gasteiger partial charge in [0.2, 0.25) is 0 Å². The maximum atomic E-state index is 6.18. The molecule has 4 heteroatoms. The van der Waals surface area contributed by atoms with Crippen molar-refractivity contribution in [1.82, 2.24) is 4.98 Å². The van der Waals surface area contributed by atoms with E-state index in [0.717, 1.165) is 55.1 Å². The second kappa shape index (κ2) is 10.3. The summed E-state index contributed by atoms with van der Waals surface area (Å²) in [5.74, 6) is 0. The minimum absolute atomic E-state index is 0.889. The van der Waals surface area contributed by atoms with E-state index in [1.165, 1.54) is 37.0 Å². The van der Waals surface area contributed by atoms with Crippen molar-refractivity contribution >= 4 is 92.9 Å². The Bertz CT molecular complexity index is 2740. The number of aromatic nitrogens is 1. The molecule has 0 aliphatic heterocycles. The summed E-state index contributed by atoms with van der Waals surface area (Å²) in [6, 6.07) is 56.1. The van der Waals surface area contributed by atoms with E-state index in [0.29, 0.717) is 0 Å². The maximum absolute atomic E-state index is 6.18. The van der Waals surface area contributed by atoms with Crippen LogP contribution >= 0.6 is 11.3 Å². The topological polar surface area (TPSA) is 29.3 Å². The van der Waals surface area contributed by atoms with Crippen LogP contribution in [0.25, 0.3) is 75.0 Å². The molecule has 220 valence electrons. The van der Waals surface area contributed by atoms with Crippen molar-refractivity contribution in [2.24, 2.45) is 0 Å². The molecule has 0 aliphatic rings. The van der Waals surface area contributed by atoms with Gasteiger partial charge < -0.3 is 9.32 Å². The minimum atomic E-state index is 0.889. The summed E-state index contributed by atoms with van der Waals surface area (Å²) in [6.07, 6.45) is 0. The van der Waals surface area contributed by atoms with Crippen LogP contribution in [-0.2, 0) is 0 Å². The predicted octanol–water partition coefficient (Wildman–Crippen LogP) is 12.8. The highest BCUT2D eigenvalue weighted by Crippen LogP contribution is 2.43. The lowest BCUT2D eigenvalue weighted by Crippen LogP contribution is -2.09. The highest BCUT2D eigenvalue weighted by atomic mass is 32.1. The van der Waals surface area contributed by atoms with Crippen molar-refractivity contribution in [2.75, 3.05) is 4.90 Å². The van der Waals surface area contributed by atoms with Gasteiger partial charge in [0.25, 0.3) is 0 Å². The smallest absolute Gasteiger partial charge is 0.135 e. The number of hydrogen-bond acceptors (Lipinski definition) is 4. The summed E-state index contributed by atoms with van der Waals surface area (Å²) in [7, 11) is 0. The Balaban J connectivity index is 1.13. The number of rotatable bonds is 4. The first kappa shape index (κ1) is 26.3. The third-order valence-corrected chi connectivity index (χ3v) is 10.4. The lowest BCUT2D eigenvalue weighted by Gasteiger charge is -2.26. The van der Waals surface area contributed by atoms with Crippen molar-refractivity contribution in [3.8, 4) is 10.6 Å². The largest absolute Gasteiger partial charge is 0.456 e. The lowest BCUT2D eigenvalue weighted by atomic mass is 10.0. The fourth-order valence-corrected chi connectivity index (χ4v) is 8.14. The fraction of sp³-hybridized carbons (Fsp3) is 0. The first-order valence-electron chi connectivity index (χ1n) is 15.8. The van der Waals surface area contributed by atoms with Gasteiger partial charge in [-0.15, -0.1) is 11.3 Å². The van der Waals surface area contributed by atoms with Crippen molar-refractivity contribution in [3.63, 3.8) is 0 Å². The van der Waals surface area contributed by atoms with Crippen molar-refractivity contribution in [1.29, 1.82) is 0 Å². The minimum Gasteiger partial charge on any atom is -0.456 e. The summed E-state index contributed by atoms with van der Waals surface area (Å²) in [5, 5.41) is 10.6. The van der Waals surface area contributed by atoms with Crippen LogP contribution in [0.2, 0.25) is 0 Å². The summed E-state index contributed by atoms with van der Waals surface area (Å²) in [6.45, 7) is 0. The van der Waals surface area contributed by atoms with Crippen LogP contribution in [0.5, 0.6) is 0 Å². The molecule has 2 heterocycles. The molecule has 3 nitrogen and oxygen atoms in total. The zero-order valence-electron chi connectivity index (χ0n) is 25.2. The lowest BCUT2D eigenvalue weighted by molar-refractivity contribution is 0.669. The third kappa shape index (κ3) is 4.16. The number of hydrogen-bond donors (Lipinski definition) is 0. The second-order valence-electron chi connectivity index (χ2n) is 12.0. The van der Waals surface area contributed by atoms with Crippen LogP contribution in [0.15, 0.2) is 162 Å². The molecule has 2 aromatic heterocycles. The molecule has 0 fully saturated rings. The maximum Gasteiger partial charge on any atom is 0.135 e. The normalized spacial score (nSPS) is 11.8. The van der Waals surface area contributed by atoms with Gasteiger partial charge in [0.15, 0.2) is 0 Å². The quantitative estimate of drug-likeness (QED) is 0.184. The highest BCUT2D eigenvalue weighted by Gasteiger charge is 2.18. The summed E-state index contributed by atoms with van der Waals surface area (Å²) in [5.41, 5.74) is 7.22. The molecule has 10 rings (SSSR count). The number of nitrogens with zero attached hydrogens (tertiary/aromatic N) is 2. The van der Waals surface area contributed by atoms with Crippen molar-refractivity contribution in [3.05, 3.63) is 158 Å². The average molecular weight is 619 g/mol. The second-order valence-corrected chi connectivity index (χ2v) is 13.0. The van der Waals surface area contributed by atoms with Gasteiger partial charge in [0, 0.05) is 44.2 Å². The number of benzene rings is 8. The molecule has 0 spiro atoms. The zero-order valence-corrected chi connectivity index (χ0v) is 26.0. The first-order valence-corrected chi connectivity index (χ1v) is 16.6. The van der Waals surface area contributed by atoms with Crippen LogP contribution in [0, 0.1) is 0 Å². The van der Waals surface area contributed by atoms with E-state index in [1.807, 2.05) is 12.1 Å². The molecule has 0 saturated carbocycles. The number of thiazole rings is 1. The number of para-hydroxylation sites is 1. The van der Waals surface area contributed by atoms with E-state index in [2.05, 4.69) is 150 Å². The Morgan fingerprint density at radius 2 is 1.04 bits per heavy atom. The third-order valence-electron chi connectivity index (χ3n) is 9.25. The molecule has 8 aromatic carbocycles. The molecule has 0 atom stereocenters. The molecule has 0 bridgehead atoms. The predicted molar refractivity (Wildman–Crippen MR) is 200 cm³/mol. The molecule has 10 aromatic rings. The standard InChI is InChI=1S/C43H26N2OS/c1-2-10-29-25-31(22-17-27(29)9-1)45(32-23-24-40-38(26-32)35-13-7-8-16-39(35)46-40)30-20-18-28(19-21-30)43-44-41-36-14-5-3-11-33(36)34-12-4-6-15-37(34)42(41)47-43/h1-26H. The molecule has 47 heavy (non-hydrogen) atoms. The van der Waals surface area contributed by atoms with E-state index >= 15 is 0 Å². The van der Waals surface area contributed by atoms with Gasteiger partial charge in [-0.1, -0.05) is 97.1 Å². The molecule has 0 amide bonds. The Kier molecular flexibility index (Phi) is 5.74. The van der Waals surface area contributed by atoms with Gasteiger partial charge in [-0.3, -0.25) is 0 Å². The Labute approximate surface area is 274 Å². The van der Waals surface area contributed by atoms with Gasteiger partial charge in [0.1, 0.15) is 16.2 Å². The Morgan fingerprint density at radius 3 is 1.87 bits per heavy atom. The van der Waals surface area contributed by atoms with E-state index < -0.39 is 0 Å². The van der Waals surface area contributed by atoms with Crippen molar-refractivity contribution in [2.45, 2.75) is 0 Å². The zero-order chi connectivity index (χ0) is 30.9. The van der Waals surface area contributed by atoms with E-state index in [-0.39, 0.29) is 0 Å².